The highest BCUT2D eigenvalue weighted by Gasteiger charge is 2.27. The van der Waals surface area contributed by atoms with Gasteiger partial charge in [0.2, 0.25) is 0 Å². The molecular weight excluding hydrogens is 242 g/mol. The Kier molecular flexibility index (Phi) is 3.46. The van der Waals surface area contributed by atoms with Gasteiger partial charge in [0.25, 0.3) is 0 Å². The number of carbonyl (C=O) groups is 1. The van der Waals surface area contributed by atoms with E-state index in [2.05, 4.69) is 9.89 Å². The van der Waals surface area contributed by atoms with Gasteiger partial charge in [-0.3, -0.25) is 0 Å². The van der Waals surface area contributed by atoms with Crippen LogP contribution in [0.4, 0.5) is 4.79 Å². The first-order chi connectivity index (χ1) is 9.33. The highest BCUT2D eigenvalue weighted by molar-refractivity contribution is 6.01. The standard InChI is InChI=1S/C14H17N3O2/c18-14-15-13(16-6-8-19-9-7-16)11-17(14)10-12-4-2-1-3-5-12/h1-5H,6-11H2. The van der Waals surface area contributed by atoms with Crippen LogP contribution in [0, 0.1) is 0 Å². The van der Waals surface area contributed by atoms with Gasteiger partial charge >= 0.3 is 6.03 Å². The molecule has 0 aliphatic carbocycles. The highest BCUT2D eigenvalue weighted by atomic mass is 16.5. The number of carbonyl (C=O) groups excluding carboxylic acids is 1. The van der Waals surface area contributed by atoms with E-state index in [1.54, 1.807) is 4.90 Å². The fourth-order valence-electron chi connectivity index (χ4n) is 2.37. The first-order valence-corrected chi connectivity index (χ1v) is 6.56. The smallest absolute Gasteiger partial charge is 0.345 e. The van der Waals surface area contributed by atoms with E-state index in [-0.39, 0.29) is 6.03 Å². The summed E-state index contributed by atoms with van der Waals surface area (Å²) in [5.41, 5.74) is 1.13. The van der Waals surface area contributed by atoms with Gasteiger partial charge < -0.3 is 14.5 Å². The van der Waals surface area contributed by atoms with Crippen LogP contribution in [-0.2, 0) is 11.3 Å². The zero-order valence-corrected chi connectivity index (χ0v) is 10.8. The van der Waals surface area contributed by atoms with Crippen molar-refractivity contribution in [3.8, 4) is 0 Å². The SMILES string of the molecule is O=C1N=C(N2CCOCC2)CN1Cc1ccccc1. The molecule has 0 atom stereocenters. The average molecular weight is 259 g/mol. The Hall–Kier alpha value is -1.88. The Labute approximate surface area is 112 Å². The van der Waals surface area contributed by atoms with E-state index in [1.807, 2.05) is 30.3 Å². The van der Waals surface area contributed by atoms with Crippen molar-refractivity contribution in [2.75, 3.05) is 32.8 Å². The monoisotopic (exact) mass is 259 g/mol. The van der Waals surface area contributed by atoms with Crippen LogP contribution in [0.15, 0.2) is 35.3 Å². The van der Waals surface area contributed by atoms with Crippen molar-refractivity contribution in [2.24, 2.45) is 4.99 Å². The number of hydrogen-bond donors (Lipinski definition) is 0. The third-order valence-corrected chi connectivity index (χ3v) is 3.42. The predicted octanol–water partition coefficient (Wildman–Crippen LogP) is 1.35. The summed E-state index contributed by atoms with van der Waals surface area (Å²) in [6, 6.07) is 9.87. The highest BCUT2D eigenvalue weighted by Crippen LogP contribution is 2.13. The molecule has 1 fully saturated rings. The van der Waals surface area contributed by atoms with Crippen LogP contribution in [0.3, 0.4) is 0 Å². The number of ether oxygens (including phenoxy) is 1. The molecule has 2 amide bonds. The molecule has 3 rings (SSSR count). The zero-order chi connectivity index (χ0) is 13.1. The van der Waals surface area contributed by atoms with E-state index in [0.29, 0.717) is 26.3 Å². The van der Waals surface area contributed by atoms with Crippen LogP contribution < -0.4 is 0 Å². The lowest BCUT2D eigenvalue weighted by Crippen LogP contribution is -2.42. The fraction of sp³-hybridized carbons (Fsp3) is 0.429. The number of rotatable bonds is 2. The van der Waals surface area contributed by atoms with Crippen LogP contribution >= 0.6 is 0 Å². The number of amides is 2. The minimum absolute atomic E-state index is 0.134. The maximum atomic E-state index is 11.9. The molecule has 1 saturated heterocycles. The molecule has 100 valence electrons. The molecule has 1 aromatic carbocycles. The quantitative estimate of drug-likeness (QED) is 0.805. The van der Waals surface area contributed by atoms with E-state index in [4.69, 9.17) is 4.74 Å². The van der Waals surface area contributed by atoms with Crippen LogP contribution in [0.1, 0.15) is 5.56 Å². The lowest BCUT2D eigenvalue weighted by Gasteiger charge is -2.28. The summed E-state index contributed by atoms with van der Waals surface area (Å²) in [6.45, 7) is 4.30. The van der Waals surface area contributed by atoms with Crippen LogP contribution in [0.25, 0.3) is 0 Å². The van der Waals surface area contributed by atoms with E-state index >= 15 is 0 Å². The number of aliphatic imine (C=N–C) groups is 1. The van der Waals surface area contributed by atoms with E-state index in [0.717, 1.165) is 24.5 Å². The molecule has 0 saturated carbocycles. The number of urea groups is 1. The van der Waals surface area contributed by atoms with Crippen molar-refractivity contribution in [2.45, 2.75) is 6.54 Å². The predicted molar refractivity (Wildman–Crippen MR) is 72.1 cm³/mol. The molecule has 2 aliphatic heterocycles. The second-order valence-electron chi connectivity index (χ2n) is 4.75. The van der Waals surface area contributed by atoms with E-state index in [9.17, 15) is 4.79 Å². The molecule has 0 bridgehead atoms. The van der Waals surface area contributed by atoms with Gasteiger partial charge in [0.1, 0.15) is 5.84 Å². The summed E-state index contributed by atoms with van der Waals surface area (Å²) in [7, 11) is 0. The van der Waals surface area contributed by atoms with E-state index in [1.165, 1.54) is 0 Å². The van der Waals surface area contributed by atoms with Gasteiger partial charge in [-0.1, -0.05) is 30.3 Å². The normalized spacial score (nSPS) is 19.8. The van der Waals surface area contributed by atoms with Crippen molar-refractivity contribution in [3.63, 3.8) is 0 Å². The van der Waals surface area contributed by atoms with Crippen molar-refractivity contribution in [3.05, 3.63) is 35.9 Å². The molecule has 0 N–H and O–H groups in total. The maximum absolute atomic E-state index is 11.9. The zero-order valence-electron chi connectivity index (χ0n) is 10.8. The lowest BCUT2D eigenvalue weighted by molar-refractivity contribution is 0.0673. The molecule has 2 aliphatic rings. The van der Waals surface area contributed by atoms with Gasteiger partial charge in [-0.15, -0.1) is 0 Å². The summed E-state index contributed by atoms with van der Waals surface area (Å²) < 4.78 is 5.31. The van der Waals surface area contributed by atoms with Crippen LogP contribution in [0.5, 0.6) is 0 Å². The summed E-state index contributed by atoms with van der Waals surface area (Å²) >= 11 is 0. The Morgan fingerprint density at radius 2 is 1.89 bits per heavy atom. The second kappa shape index (κ2) is 5.40. The number of amidine groups is 1. The number of benzene rings is 1. The summed E-state index contributed by atoms with van der Waals surface area (Å²) in [4.78, 5) is 20.0. The van der Waals surface area contributed by atoms with Crippen molar-refractivity contribution in [1.29, 1.82) is 0 Å². The number of morpholine rings is 1. The Morgan fingerprint density at radius 3 is 2.63 bits per heavy atom. The molecule has 5 nitrogen and oxygen atoms in total. The molecule has 0 radical (unpaired) electrons. The van der Waals surface area contributed by atoms with Gasteiger partial charge in [-0.2, -0.15) is 4.99 Å². The minimum Gasteiger partial charge on any atom is -0.378 e. The molecule has 0 unspecified atom stereocenters. The van der Waals surface area contributed by atoms with Crippen LogP contribution in [-0.4, -0.2) is 54.5 Å². The summed E-state index contributed by atoms with van der Waals surface area (Å²) in [6.07, 6.45) is 0. The molecule has 0 spiro atoms. The van der Waals surface area contributed by atoms with Crippen LogP contribution in [0.2, 0.25) is 0 Å². The summed E-state index contributed by atoms with van der Waals surface area (Å²) in [5.74, 6) is 0.879. The third-order valence-electron chi connectivity index (χ3n) is 3.42. The maximum Gasteiger partial charge on any atom is 0.345 e. The third kappa shape index (κ3) is 2.76. The topological polar surface area (TPSA) is 45.1 Å². The first-order valence-electron chi connectivity index (χ1n) is 6.56. The number of hydrogen-bond acceptors (Lipinski definition) is 3. The average Bonchev–Trinajstić information content (AvgIpc) is 2.82. The molecule has 19 heavy (non-hydrogen) atoms. The van der Waals surface area contributed by atoms with Crippen molar-refractivity contribution in [1.82, 2.24) is 9.80 Å². The van der Waals surface area contributed by atoms with Crippen molar-refractivity contribution < 1.29 is 9.53 Å². The van der Waals surface area contributed by atoms with Gasteiger partial charge in [0.05, 0.1) is 19.8 Å². The minimum atomic E-state index is -0.134. The lowest BCUT2D eigenvalue weighted by atomic mass is 10.2. The van der Waals surface area contributed by atoms with Gasteiger partial charge in [-0.25, -0.2) is 4.79 Å². The van der Waals surface area contributed by atoms with Gasteiger partial charge in [-0.05, 0) is 5.56 Å². The Balaban J connectivity index is 1.63. The second-order valence-corrected chi connectivity index (χ2v) is 4.75. The van der Waals surface area contributed by atoms with E-state index < -0.39 is 0 Å². The molecule has 2 heterocycles. The number of nitrogens with zero attached hydrogens (tertiary/aromatic N) is 3. The van der Waals surface area contributed by atoms with Gasteiger partial charge in [0, 0.05) is 19.6 Å². The first kappa shape index (κ1) is 12.2. The van der Waals surface area contributed by atoms with Gasteiger partial charge in [0.15, 0.2) is 0 Å². The molecule has 5 heteroatoms. The molecule has 0 aromatic heterocycles. The Morgan fingerprint density at radius 1 is 1.16 bits per heavy atom. The summed E-state index contributed by atoms with van der Waals surface area (Å²) in [5, 5.41) is 0. The Bertz CT molecular complexity index is 481. The fourth-order valence-corrected chi connectivity index (χ4v) is 2.37. The molecule has 1 aromatic rings. The molecular formula is C14H17N3O2. The van der Waals surface area contributed by atoms with Crippen molar-refractivity contribution >= 4 is 11.9 Å². The largest absolute Gasteiger partial charge is 0.378 e.